The van der Waals surface area contributed by atoms with Crippen molar-refractivity contribution in [2.24, 2.45) is 5.73 Å². The van der Waals surface area contributed by atoms with Gasteiger partial charge in [0.25, 0.3) is 0 Å². The molecule has 1 amide bonds. The summed E-state index contributed by atoms with van der Waals surface area (Å²) in [5.74, 6) is -1.04. The number of nitrogens with two attached hydrogens (primary N) is 1. The molecule has 0 bridgehead atoms. The molecule has 1 atom stereocenters. The summed E-state index contributed by atoms with van der Waals surface area (Å²) in [6.07, 6.45) is 1.56. The van der Waals surface area contributed by atoms with E-state index in [0.717, 1.165) is 29.5 Å². The van der Waals surface area contributed by atoms with Gasteiger partial charge in [0.1, 0.15) is 11.6 Å². The number of nitrogens with one attached hydrogen (secondary N) is 1. The SMILES string of the molecule is Cl.NC(=O)c1cccc(-c2ccc(CN[C@@H]3Cc4ccc(F)cc4C3)c(F)c2)c1. The number of carbonyl (C=O) groups is 1. The van der Waals surface area contributed by atoms with E-state index in [2.05, 4.69) is 5.32 Å². The van der Waals surface area contributed by atoms with Crippen LogP contribution in [0.1, 0.15) is 27.0 Å². The number of primary amides is 1. The fraction of sp³-hybridized carbons (Fsp3) is 0.174. The Labute approximate surface area is 174 Å². The van der Waals surface area contributed by atoms with Crippen molar-refractivity contribution in [3.05, 3.63) is 94.6 Å². The number of halogens is 3. The van der Waals surface area contributed by atoms with Crippen LogP contribution < -0.4 is 11.1 Å². The maximum atomic E-state index is 14.6. The van der Waals surface area contributed by atoms with E-state index in [1.54, 1.807) is 30.3 Å². The van der Waals surface area contributed by atoms with E-state index in [9.17, 15) is 13.6 Å². The monoisotopic (exact) mass is 414 g/mol. The van der Waals surface area contributed by atoms with Crippen LogP contribution in [-0.2, 0) is 19.4 Å². The minimum absolute atomic E-state index is 0. The summed E-state index contributed by atoms with van der Waals surface area (Å²) < 4.78 is 27.9. The number of benzene rings is 3. The van der Waals surface area contributed by atoms with Crippen LogP contribution in [0.4, 0.5) is 8.78 Å². The molecule has 0 aliphatic heterocycles. The summed E-state index contributed by atoms with van der Waals surface area (Å²) in [5, 5.41) is 3.36. The molecule has 6 heteroatoms. The third-order valence-corrected chi connectivity index (χ3v) is 5.22. The normalized spacial score (nSPS) is 14.9. The van der Waals surface area contributed by atoms with Gasteiger partial charge in [-0.2, -0.15) is 0 Å². The minimum Gasteiger partial charge on any atom is -0.366 e. The van der Waals surface area contributed by atoms with Gasteiger partial charge in [0, 0.05) is 23.7 Å². The van der Waals surface area contributed by atoms with Gasteiger partial charge in [-0.1, -0.05) is 30.3 Å². The fourth-order valence-electron chi connectivity index (χ4n) is 3.71. The second-order valence-corrected chi connectivity index (χ2v) is 7.15. The van der Waals surface area contributed by atoms with Crippen molar-refractivity contribution < 1.29 is 13.6 Å². The van der Waals surface area contributed by atoms with Gasteiger partial charge in [0.2, 0.25) is 5.91 Å². The molecule has 0 aromatic heterocycles. The summed E-state index contributed by atoms with van der Waals surface area (Å²) in [6.45, 7) is 0.397. The van der Waals surface area contributed by atoms with Crippen molar-refractivity contribution in [2.75, 3.05) is 0 Å². The number of hydrogen-bond donors (Lipinski definition) is 2. The Balaban J connectivity index is 0.00000240. The van der Waals surface area contributed by atoms with Gasteiger partial charge in [-0.15, -0.1) is 12.4 Å². The molecular formula is C23H21ClF2N2O. The Bertz CT molecular complexity index is 1050. The van der Waals surface area contributed by atoms with Crippen LogP contribution in [0.5, 0.6) is 0 Å². The van der Waals surface area contributed by atoms with Crippen LogP contribution in [0.3, 0.4) is 0 Å². The Kier molecular flexibility index (Phi) is 6.30. The first kappa shape index (κ1) is 21.0. The van der Waals surface area contributed by atoms with Crippen molar-refractivity contribution >= 4 is 18.3 Å². The van der Waals surface area contributed by atoms with E-state index in [1.165, 1.54) is 12.1 Å². The standard InChI is InChI=1S/C23H20F2N2O.ClH/c24-20-7-6-15-10-21(11-19(15)9-20)27-13-18-5-4-16(12-22(18)25)14-2-1-3-17(8-14)23(26)28;/h1-9,12,21,27H,10-11,13H2,(H2,26,28);1H/t21-;/m1./s1. The first-order valence-electron chi connectivity index (χ1n) is 9.19. The van der Waals surface area contributed by atoms with E-state index < -0.39 is 5.91 Å². The number of amides is 1. The van der Waals surface area contributed by atoms with E-state index in [4.69, 9.17) is 5.73 Å². The summed E-state index contributed by atoms with van der Waals surface area (Å²) in [4.78, 5) is 11.3. The molecular weight excluding hydrogens is 394 g/mol. The second-order valence-electron chi connectivity index (χ2n) is 7.15. The molecule has 0 spiro atoms. The van der Waals surface area contributed by atoms with Gasteiger partial charge in [0.05, 0.1) is 0 Å². The van der Waals surface area contributed by atoms with Crippen LogP contribution in [-0.4, -0.2) is 11.9 Å². The molecule has 0 unspecified atom stereocenters. The molecule has 1 aliphatic rings. The Morgan fingerprint density at radius 1 is 0.966 bits per heavy atom. The average Bonchev–Trinajstić information content (AvgIpc) is 3.09. The zero-order chi connectivity index (χ0) is 19.7. The molecule has 3 aromatic carbocycles. The predicted octanol–water partition coefficient (Wildman–Crippen LogP) is 4.41. The molecule has 0 saturated carbocycles. The van der Waals surface area contributed by atoms with Crippen molar-refractivity contribution in [3.8, 4) is 11.1 Å². The van der Waals surface area contributed by atoms with E-state index in [-0.39, 0.29) is 30.1 Å². The van der Waals surface area contributed by atoms with E-state index in [0.29, 0.717) is 23.2 Å². The number of carbonyl (C=O) groups excluding carboxylic acids is 1. The van der Waals surface area contributed by atoms with Crippen molar-refractivity contribution in [1.29, 1.82) is 0 Å². The highest BCUT2D eigenvalue weighted by Gasteiger charge is 2.21. The minimum atomic E-state index is -0.513. The first-order valence-corrected chi connectivity index (χ1v) is 9.19. The number of fused-ring (bicyclic) bond motifs is 1. The fourth-order valence-corrected chi connectivity index (χ4v) is 3.71. The van der Waals surface area contributed by atoms with Crippen LogP contribution >= 0.6 is 12.4 Å². The maximum Gasteiger partial charge on any atom is 0.248 e. The van der Waals surface area contributed by atoms with Crippen LogP contribution in [0.15, 0.2) is 60.7 Å². The van der Waals surface area contributed by atoms with Gasteiger partial charge >= 0.3 is 0 Å². The molecule has 3 aromatic rings. The van der Waals surface area contributed by atoms with E-state index in [1.807, 2.05) is 18.2 Å². The summed E-state index contributed by atoms with van der Waals surface area (Å²) in [6, 6.07) is 16.9. The topological polar surface area (TPSA) is 55.1 Å². The lowest BCUT2D eigenvalue weighted by atomic mass is 10.0. The first-order chi connectivity index (χ1) is 13.5. The highest BCUT2D eigenvalue weighted by Crippen LogP contribution is 2.25. The predicted molar refractivity (Wildman–Crippen MR) is 112 cm³/mol. The van der Waals surface area contributed by atoms with Crippen molar-refractivity contribution in [1.82, 2.24) is 5.32 Å². The van der Waals surface area contributed by atoms with Gasteiger partial charge in [0.15, 0.2) is 0 Å². The summed E-state index contributed by atoms with van der Waals surface area (Å²) in [5.41, 5.74) is 9.85. The number of hydrogen-bond acceptors (Lipinski definition) is 2. The molecule has 4 rings (SSSR count). The smallest absolute Gasteiger partial charge is 0.248 e. The van der Waals surface area contributed by atoms with Gasteiger partial charge in [-0.25, -0.2) is 8.78 Å². The quantitative estimate of drug-likeness (QED) is 0.649. The highest BCUT2D eigenvalue weighted by atomic mass is 35.5. The van der Waals surface area contributed by atoms with Crippen LogP contribution in [0.2, 0.25) is 0 Å². The highest BCUT2D eigenvalue weighted by molar-refractivity contribution is 5.94. The molecule has 3 N–H and O–H groups in total. The zero-order valence-corrected chi connectivity index (χ0v) is 16.4. The lowest BCUT2D eigenvalue weighted by Gasteiger charge is -2.13. The van der Waals surface area contributed by atoms with E-state index >= 15 is 0 Å². The largest absolute Gasteiger partial charge is 0.366 e. The summed E-state index contributed by atoms with van der Waals surface area (Å²) >= 11 is 0. The Hall–Kier alpha value is -2.76. The molecule has 1 aliphatic carbocycles. The van der Waals surface area contributed by atoms with Crippen LogP contribution in [0.25, 0.3) is 11.1 Å². The number of rotatable bonds is 5. The van der Waals surface area contributed by atoms with Crippen molar-refractivity contribution in [3.63, 3.8) is 0 Å². The second kappa shape index (κ2) is 8.72. The molecule has 150 valence electrons. The molecule has 0 saturated heterocycles. The lowest BCUT2D eigenvalue weighted by Crippen LogP contribution is -2.29. The zero-order valence-electron chi connectivity index (χ0n) is 15.6. The maximum absolute atomic E-state index is 14.6. The van der Waals surface area contributed by atoms with Gasteiger partial charge in [-0.3, -0.25) is 4.79 Å². The Morgan fingerprint density at radius 3 is 2.48 bits per heavy atom. The molecule has 29 heavy (non-hydrogen) atoms. The molecule has 0 heterocycles. The van der Waals surface area contributed by atoms with Gasteiger partial charge in [-0.05, 0) is 65.4 Å². The molecule has 0 fully saturated rings. The Morgan fingerprint density at radius 2 is 1.72 bits per heavy atom. The summed E-state index contributed by atoms with van der Waals surface area (Å²) in [7, 11) is 0. The van der Waals surface area contributed by atoms with Gasteiger partial charge < -0.3 is 11.1 Å². The third kappa shape index (κ3) is 4.63. The average molecular weight is 415 g/mol. The lowest BCUT2D eigenvalue weighted by molar-refractivity contribution is 0.100. The molecule has 3 nitrogen and oxygen atoms in total. The third-order valence-electron chi connectivity index (χ3n) is 5.22. The molecule has 0 radical (unpaired) electrons. The van der Waals surface area contributed by atoms with Crippen molar-refractivity contribution in [2.45, 2.75) is 25.4 Å². The van der Waals surface area contributed by atoms with Crippen LogP contribution in [0, 0.1) is 11.6 Å².